The van der Waals surface area contributed by atoms with Gasteiger partial charge in [-0.3, -0.25) is 0 Å². The molecule has 0 amide bonds. The molecule has 1 unspecified atom stereocenters. The number of rotatable bonds is 7. The van der Waals surface area contributed by atoms with Gasteiger partial charge >= 0.3 is 0 Å². The molecule has 0 aromatic heterocycles. The second kappa shape index (κ2) is 6.76. The van der Waals surface area contributed by atoms with Crippen LogP contribution >= 0.6 is 15.9 Å². The predicted molar refractivity (Wildman–Crippen MR) is 86.8 cm³/mol. The molecule has 1 aliphatic carbocycles. The Morgan fingerprint density at radius 2 is 2.16 bits per heavy atom. The molecule has 1 aromatic rings. The molecule has 106 valence electrons. The Labute approximate surface area is 125 Å². The minimum atomic E-state index is 0.407. The van der Waals surface area contributed by atoms with Gasteiger partial charge in [0.1, 0.15) is 0 Å². The van der Waals surface area contributed by atoms with E-state index in [1.54, 1.807) is 0 Å². The number of nitrogens with one attached hydrogen (secondary N) is 1. The first-order valence-corrected chi connectivity index (χ1v) is 8.15. The Balaban J connectivity index is 2.15. The summed E-state index contributed by atoms with van der Waals surface area (Å²) in [6.45, 7) is 6.72. The van der Waals surface area contributed by atoms with E-state index < -0.39 is 0 Å². The largest absolute Gasteiger partial charge is 0.374 e. The maximum absolute atomic E-state index is 3.60. The highest BCUT2D eigenvalue weighted by Crippen LogP contribution is 2.34. The molecule has 0 bridgehead atoms. The number of hydrogen-bond donors (Lipinski definition) is 1. The number of benzene rings is 1. The molecule has 0 aliphatic heterocycles. The molecule has 0 spiro atoms. The van der Waals surface area contributed by atoms with Gasteiger partial charge in [-0.1, -0.05) is 28.9 Å². The van der Waals surface area contributed by atoms with Crippen molar-refractivity contribution in [3.8, 4) is 0 Å². The quantitative estimate of drug-likeness (QED) is 0.801. The molecule has 0 heterocycles. The van der Waals surface area contributed by atoms with Crippen LogP contribution in [0.3, 0.4) is 0 Å². The average Bonchev–Trinajstić information content (AvgIpc) is 3.19. The monoisotopic (exact) mass is 324 g/mol. The van der Waals surface area contributed by atoms with Gasteiger partial charge in [0.05, 0.1) is 0 Å². The average molecular weight is 325 g/mol. The molecule has 2 nitrogen and oxygen atoms in total. The Hall–Kier alpha value is -0.540. The van der Waals surface area contributed by atoms with Crippen LogP contribution in [0.1, 0.15) is 44.7 Å². The molecule has 0 saturated heterocycles. The summed E-state index contributed by atoms with van der Waals surface area (Å²) in [5, 5.41) is 3.59. The molecular weight excluding hydrogens is 300 g/mol. The third kappa shape index (κ3) is 4.22. The van der Waals surface area contributed by atoms with E-state index in [9.17, 15) is 0 Å². The van der Waals surface area contributed by atoms with Crippen LogP contribution in [0.5, 0.6) is 0 Å². The van der Waals surface area contributed by atoms with Crippen molar-refractivity contribution in [3.63, 3.8) is 0 Å². The Kier molecular flexibility index (Phi) is 5.28. The van der Waals surface area contributed by atoms with Gasteiger partial charge in [-0.2, -0.15) is 0 Å². The van der Waals surface area contributed by atoms with Crippen LogP contribution in [0.2, 0.25) is 0 Å². The standard InChI is InChI=1S/C16H25BrN2/c1-4-9-18-12(2)15-8-7-14(17)10-16(15)19(3)11-13-5-6-13/h7-8,10,12-13,18H,4-6,9,11H2,1-3H3. The van der Waals surface area contributed by atoms with Crippen molar-refractivity contribution in [1.82, 2.24) is 5.32 Å². The van der Waals surface area contributed by atoms with E-state index in [1.807, 2.05) is 0 Å². The van der Waals surface area contributed by atoms with Crippen molar-refractivity contribution >= 4 is 21.6 Å². The van der Waals surface area contributed by atoms with Crippen LogP contribution in [0.15, 0.2) is 22.7 Å². The highest BCUT2D eigenvalue weighted by atomic mass is 79.9. The van der Waals surface area contributed by atoms with Gasteiger partial charge in [0.2, 0.25) is 0 Å². The van der Waals surface area contributed by atoms with Crippen molar-refractivity contribution in [3.05, 3.63) is 28.2 Å². The molecule has 1 N–H and O–H groups in total. The van der Waals surface area contributed by atoms with Crippen LogP contribution in [0.4, 0.5) is 5.69 Å². The van der Waals surface area contributed by atoms with E-state index in [-0.39, 0.29) is 0 Å². The lowest BCUT2D eigenvalue weighted by atomic mass is 10.0. The van der Waals surface area contributed by atoms with Gasteiger partial charge in [0.15, 0.2) is 0 Å². The van der Waals surface area contributed by atoms with E-state index in [1.165, 1.54) is 37.1 Å². The van der Waals surface area contributed by atoms with Crippen LogP contribution in [-0.2, 0) is 0 Å². The second-order valence-electron chi connectivity index (χ2n) is 5.70. The first kappa shape index (κ1) is 14.9. The molecular formula is C16H25BrN2. The van der Waals surface area contributed by atoms with Crippen LogP contribution < -0.4 is 10.2 Å². The zero-order chi connectivity index (χ0) is 13.8. The first-order chi connectivity index (χ1) is 9.11. The number of anilines is 1. The van der Waals surface area contributed by atoms with Gasteiger partial charge in [-0.05, 0) is 56.3 Å². The molecule has 2 rings (SSSR count). The molecule has 1 aliphatic rings. The van der Waals surface area contributed by atoms with E-state index >= 15 is 0 Å². The fourth-order valence-corrected chi connectivity index (χ4v) is 2.82. The number of hydrogen-bond acceptors (Lipinski definition) is 2. The van der Waals surface area contributed by atoms with Crippen molar-refractivity contribution < 1.29 is 0 Å². The van der Waals surface area contributed by atoms with Gasteiger partial charge in [0.25, 0.3) is 0 Å². The fraction of sp³-hybridized carbons (Fsp3) is 0.625. The van der Waals surface area contributed by atoms with Crippen molar-refractivity contribution in [1.29, 1.82) is 0 Å². The maximum atomic E-state index is 3.60. The highest BCUT2D eigenvalue weighted by molar-refractivity contribution is 9.10. The minimum absolute atomic E-state index is 0.407. The van der Waals surface area contributed by atoms with Gasteiger partial charge < -0.3 is 10.2 Å². The first-order valence-electron chi connectivity index (χ1n) is 7.35. The summed E-state index contributed by atoms with van der Waals surface area (Å²) in [7, 11) is 2.22. The van der Waals surface area contributed by atoms with Crippen LogP contribution in [0, 0.1) is 5.92 Å². The summed E-state index contributed by atoms with van der Waals surface area (Å²) >= 11 is 3.60. The third-order valence-corrected chi connectivity index (χ3v) is 4.29. The summed E-state index contributed by atoms with van der Waals surface area (Å²) in [5.74, 6) is 0.913. The lowest BCUT2D eigenvalue weighted by Gasteiger charge is -2.26. The summed E-state index contributed by atoms with van der Waals surface area (Å²) in [5.41, 5.74) is 2.76. The van der Waals surface area contributed by atoms with Crippen molar-refractivity contribution in [2.75, 3.05) is 25.0 Å². The zero-order valence-electron chi connectivity index (χ0n) is 12.2. The molecule has 1 atom stereocenters. The Morgan fingerprint density at radius 3 is 2.79 bits per heavy atom. The normalized spacial score (nSPS) is 16.4. The SMILES string of the molecule is CCCNC(C)c1ccc(Br)cc1N(C)CC1CC1. The van der Waals surface area contributed by atoms with Crippen LogP contribution in [-0.4, -0.2) is 20.1 Å². The molecule has 19 heavy (non-hydrogen) atoms. The van der Waals surface area contributed by atoms with Crippen molar-refractivity contribution in [2.24, 2.45) is 5.92 Å². The van der Waals surface area contributed by atoms with Gasteiger partial charge in [-0.15, -0.1) is 0 Å². The highest BCUT2D eigenvalue weighted by Gasteiger charge is 2.24. The molecule has 1 aromatic carbocycles. The van der Waals surface area contributed by atoms with E-state index in [4.69, 9.17) is 0 Å². The van der Waals surface area contributed by atoms with Gasteiger partial charge in [0, 0.05) is 29.8 Å². The van der Waals surface area contributed by atoms with E-state index in [0.717, 1.165) is 16.9 Å². The smallest absolute Gasteiger partial charge is 0.0423 e. The molecule has 3 heteroatoms. The van der Waals surface area contributed by atoms with E-state index in [0.29, 0.717) is 6.04 Å². The number of nitrogens with zero attached hydrogens (tertiary/aromatic N) is 1. The molecule has 1 saturated carbocycles. The van der Waals surface area contributed by atoms with E-state index in [2.05, 4.69) is 65.2 Å². The number of halogens is 1. The predicted octanol–water partition coefficient (Wildman–Crippen LogP) is 4.36. The Morgan fingerprint density at radius 1 is 1.42 bits per heavy atom. The maximum Gasteiger partial charge on any atom is 0.0423 e. The summed E-state index contributed by atoms with van der Waals surface area (Å²) < 4.78 is 1.16. The summed E-state index contributed by atoms with van der Waals surface area (Å²) in [6.07, 6.45) is 3.97. The van der Waals surface area contributed by atoms with Crippen molar-refractivity contribution in [2.45, 2.75) is 39.2 Å². The second-order valence-corrected chi connectivity index (χ2v) is 6.62. The fourth-order valence-electron chi connectivity index (χ4n) is 2.47. The minimum Gasteiger partial charge on any atom is -0.374 e. The lowest BCUT2D eigenvalue weighted by molar-refractivity contribution is 0.569. The summed E-state index contributed by atoms with van der Waals surface area (Å²) in [4.78, 5) is 2.42. The summed E-state index contributed by atoms with van der Waals surface area (Å²) in [6, 6.07) is 7.05. The third-order valence-electron chi connectivity index (χ3n) is 3.80. The lowest BCUT2D eigenvalue weighted by Crippen LogP contribution is -2.25. The zero-order valence-corrected chi connectivity index (χ0v) is 13.8. The van der Waals surface area contributed by atoms with Crippen LogP contribution in [0.25, 0.3) is 0 Å². The topological polar surface area (TPSA) is 15.3 Å². The van der Waals surface area contributed by atoms with Gasteiger partial charge in [-0.25, -0.2) is 0 Å². The Bertz CT molecular complexity index is 415. The molecule has 1 fully saturated rings. The molecule has 0 radical (unpaired) electrons.